The highest BCUT2D eigenvalue weighted by molar-refractivity contribution is 7.10. The maximum atomic E-state index is 12.0. The van der Waals surface area contributed by atoms with Gasteiger partial charge in [0.05, 0.1) is 0 Å². The largest absolute Gasteiger partial charge is 0.337 e. The Hall–Kier alpha value is -1.07. The van der Waals surface area contributed by atoms with Gasteiger partial charge in [0.2, 0.25) is 0 Å². The van der Waals surface area contributed by atoms with Crippen molar-refractivity contribution in [2.75, 3.05) is 32.7 Å². The van der Waals surface area contributed by atoms with Gasteiger partial charge in [-0.1, -0.05) is 19.9 Å². The van der Waals surface area contributed by atoms with Gasteiger partial charge in [-0.2, -0.15) is 0 Å². The van der Waals surface area contributed by atoms with E-state index < -0.39 is 0 Å². The average Bonchev–Trinajstić information content (AvgIpc) is 2.92. The first-order valence-corrected chi connectivity index (χ1v) is 7.25. The molecule has 2 N–H and O–H groups in total. The van der Waals surface area contributed by atoms with Gasteiger partial charge in [0.15, 0.2) is 0 Å². The van der Waals surface area contributed by atoms with Crippen LogP contribution >= 0.6 is 11.3 Å². The fourth-order valence-electron chi connectivity index (χ4n) is 2.03. The smallest absolute Gasteiger partial charge is 0.317 e. The number of hydrogen-bond acceptors (Lipinski definition) is 3. The highest BCUT2D eigenvalue weighted by atomic mass is 32.1. The number of carbonyl (C=O) groups excluding carboxylic acids is 1. The Morgan fingerprint density at radius 3 is 2.83 bits per heavy atom. The lowest BCUT2D eigenvalue weighted by molar-refractivity contribution is 0.188. The number of carbonyl (C=O) groups is 1. The number of piperazine rings is 1. The van der Waals surface area contributed by atoms with Crippen molar-refractivity contribution in [3.63, 3.8) is 0 Å². The zero-order chi connectivity index (χ0) is 13.0. The summed E-state index contributed by atoms with van der Waals surface area (Å²) in [4.78, 5) is 15.2. The lowest BCUT2D eigenvalue weighted by Crippen LogP contribution is -2.51. The highest BCUT2D eigenvalue weighted by Crippen LogP contribution is 2.26. The summed E-state index contributed by atoms with van der Waals surface area (Å²) >= 11 is 1.74. The van der Waals surface area contributed by atoms with E-state index in [1.165, 1.54) is 4.88 Å². The predicted octanol–water partition coefficient (Wildman–Crippen LogP) is 1.64. The van der Waals surface area contributed by atoms with Crippen molar-refractivity contribution in [1.82, 2.24) is 15.5 Å². The van der Waals surface area contributed by atoms with Gasteiger partial charge in [0, 0.05) is 43.0 Å². The number of hydrogen-bond donors (Lipinski definition) is 2. The third kappa shape index (κ3) is 3.23. The molecule has 0 radical (unpaired) electrons. The molecule has 0 bridgehead atoms. The summed E-state index contributed by atoms with van der Waals surface area (Å²) in [5.74, 6) is 0. The van der Waals surface area contributed by atoms with E-state index in [0.717, 1.165) is 26.2 Å². The molecule has 1 fully saturated rings. The molecule has 2 amide bonds. The summed E-state index contributed by atoms with van der Waals surface area (Å²) in [6, 6.07) is 4.24. The molecule has 5 heteroatoms. The van der Waals surface area contributed by atoms with Crippen LogP contribution in [0.5, 0.6) is 0 Å². The monoisotopic (exact) mass is 267 g/mol. The summed E-state index contributed by atoms with van der Waals surface area (Å²) in [7, 11) is 0. The fourth-order valence-corrected chi connectivity index (χ4v) is 2.88. The number of nitrogens with one attached hydrogen (secondary N) is 2. The van der Waals surface area contributed by atoms with Crippen LogP contribution in [-0.4, -0.2) is 43.7 Å². The van der Waals surface area contributed by atoms with Crippen LogP contribution in [0.15, 0.2) is 17.5 Å². The topological polar surface area (TPSA) is 44.4 Å². The summed E-state index contributed by atoms with van der Waals surface area (Å²) in [6.07, 6.45) is 0. The molecular formula is C13H21N3OS. The minimum atomic E-state index is -0.00212. The minimum absolute atomic E-state index is 0.00212. The van der Waals surface area contributed by atoms with Crippen molar-refractivity contribution in [2.24, 2.45) is 0 Å². The molecule has 2 rings (SSSR count). The number of nitrogens with zero attached hydrogens (tertiary/aromatic N) is 1. The first-order valence-electron chi connectivity index (χ1n) is 6.37. The maximum absolute atomic E-state index is 12.0. The average molecular weight is 267 g/mol. The third-order valence-corrected chi connectivity index (χ3v) is 4.51. The van der Waals surface area contributed by atoms with E-state index in [2.05, 4.69) is 42.0 Å². The zero-order valence-electron chi connectivity index (χ0n) is 11.0. The van der Waals surface area contributed by atoms with E-state index in [9.17, 15) is 4.79 Å². The number of urea groups is 1. The standard InChI is InChI=1S/C13H21N3OS/c1-13(2,11-4-3-9-18-11)10-15-12(17)16-7-5-14-6-8-16/h3-4,9,14H,5-8,10H2,1-2H3,(H,15,17). The van der Waals surface area contributed by atoms with Crippen LogP contribution < -0.4 is 10.6 Å². The second-order valence-corrected chi connectivity index (χ2v) is 6.20. The van der Waals surface area contributed by atoms with Gasteiger partial charge in [-0.3, -0.25) is 0 Å². The minimum Gasteiger partial charge on any atom is -0.337 e. The van der Waals surface area contributed by atoms with Gasteiger partial charge in [0.1, 0.15) is 0 Å². The van der Waals surface area contributed by atoms with Crippen LogP contribution in [0.1, 0.15) is 18.7 Å². The predicted molar refractivity (Wildman–Crippen MR) is 75.2 cm³/mol. The molecule has 0 spiro atoms. The molecule has 0 saturated carbocycles. The number of rotatable bonds is 3. The second-order valence-electron chi connectivity index (χ2n) is 5.26. The quantitative estimate of drug-likeness (QED) is 0.874. The van der Waals surface area contributed by atoms with Gasteiger partial charge in [0.25, 0.3) is 0 Å². The van der Waals surface area contributed by atoms with Crippen LogP contribution in [0.2, 0.25) is 0 Å². The summed E-state index contributed by atoms with van der Waals surface area (Å²) in [5, 5.41) is 8.37. The highest BCUT2D eigenvalue weighted by Gasteiger charge is 2.24. The van der Waals surface area contributed by atoms with Crippen LogP contribution in [-0.2, 0) is 5.41 Å². The number of thiophene rings is 1. The molecule has 0 aromatic carbocycles. The van der Waals surface area contributed by atoms with Gasteiger partial charge in [-0.05, 0) is 11.4 Å². The Morgan fingerprint density at radius 1 is 1.50 bits per heavy atom. The first kappa shape index (κ1) is 13.4. The molecule has 1 aromatic rings. The van der Waals surface area contributed by atoms with Crippen LogP contribution in [0.3, 0.4) is 0 Å². The fraction of sp³-hybridized carbons (Fsp3) is 0.615. The molecule has 1 aromatic heterocycles. The Morgan fingerprint density at radius 2 is 2.22 bits per heavy atom. The Balaban J connectivity index is 1.85. The van der Waals surface area contributed by atoms with E-state index in [0.29, 0.717) is 6.54 Å². The molecule has 1 aliphatic heterocycles. The molecule has 0 unspecified atom stereocenters. The van der Waals surface area contributed by atoms with Crippen LogP contribution in [0, 0.1) is 0 Å². The summed E-state index contributed by atoms with van der Waals surface area (Å²) in [5.41, 5.74) is -0.00212. The molecular weight excluding hydrogens is 246 g/mol. The first-order chi connectivity index (χ1) is 8.59. The molecule has 1 aliphatic rings. The van der Waals surface area contributed by atoms with Crippen molar-refractivity contribution in [2.45, 2.75) is 19.3 Å². The maximum Gasteiger partial charge on any atom is 0.317 e. The SMILES string of the molecule is CC(C)(CNC(=O)N1CCNCC1)c1cccs1. The second kappa shape index (κ2) is 5.71. The third-order valence-electron chi connectivity index (χ3n) is 3.27. The van der Waals surface area contributed by atoms with E-state index >= 15 is 0 Å². The molecule has 0 aliphatic carbocycles. The lowest BCUT2D eigenvalue weighted by Gasteiger charge is -2.30. The van der Waals surface area contributed by atoms with Gasteiger partial charge in [-0.25, -0.2) is 4.79 Å². The Kier molecular flexibility index (Phi) is 4.24. The normalized spacial score (nSPS) is 16.7. The van der Waals surface area contributed by atoms with Crippen LogP contribution in [0.25, 0.3) is 0 Å². The van der Waals surface area contributed by atoms with E-state index in [1.54, 1.807) is 11.3 Å². The Labute approximate surface area is 112 Å². The molecule has 1 saturated heterocycles. The van der Waals surface area contributed by atoms with Gasteiger partial charge in [-0.15, -0.1) is 11.3 Å². The lowest BCUT2D eigenvalue weighted by atomic mass is 9.91. The molecule has 0 atom stereocenters. The van der Waals surface area contributed by atoms with Crippen molar-refractivity contribution in [3.05, 3.63) is 22.4 Å². The van der Waals surface area contributed by atoms with E-state index in [4.69, 9.17) is 0 Å². The molecule has 4 nitrogen and oxygen atoms in total. The number of amides is 2. The van der Waals surface area contributed by atoms with E-state index in [1.807, 2.05) is 4.90 Å². The Bertz CT molecular complexity index is 383. The molecule has 18 heavy (non-hydrogen) atoms. The van der Waals surface area contributed by atoms with Crippen molar-refractivity contribution in [3.8, 4) is 0 Å². The molecule has 2 heterocycles. The van der Waals surface area contributed by atoms with Gasteiger partial charge < -0.3 is 15.5 Å². The van der Waals surface area contributed by atoms with Crippen molar-refractivity contribution < 1.29 is 4.79 Å². The zero-order valence-corrected chi connectivity index (χ0v) is 11.8. The molecule has 100 valence electrons. The van der Waals surface area contributed by atoms with Gasteiger partial charge >= 0.3 is 6.03 Å². The summed E-state index contributed by atoms with van der Waals surface area (Å²) in [6.45, 7) is 8.38. The van der Waals surface area contributed by atoms with Crippen LogP contribution in [0.4, 0.5) is 4.79 Å². The van der Waals surface area contributed by atoms with E-state index in [-0.39, 0.29) is 11.4 Å². The summed E-state index contributed by atoms with van der Waals surface area (Å²) < 4.78 is 0. The van der Waals surface area contributed by atoms with Crippen molar-refractivity contribution in [1.29, 1.82) is 0 Å². The van der Waals surface area contributed by atoms with Crippen molar-refractivity contribution >= 4 is 17.4 Å².